The molecular weight excluding hydrogens is 388 g/mol. The number of fused-ring (bicyclic) bond motifs is 1. The lowest BCUT2D eigenvalue weighted by Crippen LogP contribution is -2.40. The third-order valence-electron chi connectivity index (χ3n) is 4.29. The Morgan fingerprint density at radius 2 is 1.75 bits per heavy atom. The number of rotatable bonds is 3. The molecule has 0 spiro atoms. The number of carbonyl (C=O) groups is 1. The smallest absolute Gasteiger partial charge is 0.410 e. The zero-order valence-electron chi connectivity index (χ0n) is 14.6. The molecule has 3 aromatic rings. The van der Waals surface area contributed by atoms with Gasteiger partial charge in [0, 0.05) is 19.2 Å². The number of carbonyl (C=O) groups excluding carboxylic acids is 1. The molecule has 2 heterocycles. The predicted molar refractivity (Wildman–Crippen MR) is 97.9 cm³/mol. The predicted octanol–water partition coefficient (Wildman–Crippen LogP) is 1.66. The molecular formula is C18H16N2O7S. The monoisotopic (exact) mass is 404 g/mol. The molecule has 0 bridgehead atoms. The molecule has 0 amide bonds. The lowest BCUT2D eigenvalue weighted by molar-refractivity contribution is 0.0730. The highest BCUT2D eigenvalue weighted by Crippen LogP contribution is 2.22. The Morgan fingerprint density at radius 3 is 2.46 bits per heavy atom. The van der Waals surface area contributed by atoms with Crippen LogP contribution in [0, 0.1) is 0 Å². The zero-order chi connectivity index (χ0) is 19.7. The largest absolute Gasteiger partial charge is 0.429 e. The molecule has 0 unspecified atom stereocenters. The number of sulfonamides is 1. The molecule has 0 aliphatic carbocycles. The lowest BCUT2D eigenvalue weighted by atomic mass is 10.3. The van der Waals surface area contributed by atoms with Crippen LogP contribution in [0.1, 0.15) is 0 Å². The number of hydrogen-bond donors (Lipinski definition) is 0. The second kappa shape index (κ2) is 7.23. The molecule has 1 aliphatic rings. The summed E-state index contributed by atoms with van der Waals surface area (Å²) in [6.07, 6.45) is -0.946. The molecule has 1 aliphatic heterocycles. The fourth-order valence-corrected chi connectivity index (χ4v) is 4.33. The van der Waals surface area contributed by atoms with E-state index in [2.05, 4.69) is 0 Å². The van der Waals surface area contributed by atoms with Crippen LogP contribution in [0.2, 0.25) is 0 Å². The van der Waals surface area contributed by atoms with Crippen molar-refractivity contribution in [1.82, 2.24) is 8.87 Å². The van der Waals surface area contributed by atoms with E-state index in [4.69, 9.17) is 13.9 Å². The summed E-state index contributed by atoms with van der Waals surface area (Å²) in [5, 5.41) is 0. The minimum Gasteiger partial charge on any atom is -0.410 e. The van der Waals surface area contributed by atoms with Gasteiger partial charge in [-0.15, -0.1) is 0 Å². The molecule has 28 heavy (non-hydrogen) atoms. The van der Waals surface area contributed by atoms with Crippen LogP contribution in [0.25, 0.3) is 11.1 Å². The summed E-state index contributed by atoms with van der Waals surface area (Å²) in [4.78, 5) is 24.5. The number of benzene rings is 2. The zero-order valence-corrected chi connectivity index (χ0v) is 15.4. The molecule has 1 saturated heterocycles. The Hall–Kier alpha value is -2.95. The van der Waals surface area contributed by atoms with Gasteiger partial charge < -0.3 is 13.9 Å². The van der Waals surface area contributed by atoms with E-state index in [1.807, 2.05) is 0 Å². The van der Waals surface area contributed by atoms with Crippen molar-refractivity contribution in [3.05, 3.63) is 59.1 Å². The Morgan fingerprint density at radius 1 is 1.04 bits per heavy atom. The van der Waals surface area contributed by atoms with Crippen LogP contribution < -0.4 is 10.5 Å². The van der Waals surface area contributed by atoms with Crippen molar-refractivity contribution in [1.29, 1.82) is 0 Å². The minimum absolute atomic E-state index is 0.0238. The first-order valence-corrected chi connectivity index (χ1v) is 9.91. The van der Waals surface area contributed by atoms with Gasteiger partial charge in [-0.3, -0.25) is 0 Å². The van der Waals surface area contributed by atoms with Crippen molar-refractivity contribution in [2.45, 2.75) is 4.90 Å². The lowest BCUT2D eigenvalue weighted by Gasteiger charge is -2.25. The van der Waals surface area contributed by atoms with Crippen LogP contribution in [0.15, 0.2) is 62.6 Å². The molecule has 1 aromatic heterocycles. The summed E-state index contributed by atoms with van der Waals surface area (Å²) in [6, 6.07) is 12.2. The van der Waals surface area contributed by atoms with E-state index < -0.39 is 21.9 Å². The highest BCUT2D eigenvalue weighted by atomic mass is 32.2. The number of para-hydroxylation sites is 1. The first-order chi connectivity index (χ1) is 13.5. The normalized spacial score (nSPS) is 15.6. The second-order valence-corrected chi connectivity index (χ2v) is 7.97. The van der Waals surface area contributed by atoms with Gasteiger partial charge in [-0.2, -0.15) is 8.87 Å². The van der Waals surface area contributed by atoms with Crippen LogP contribution >= 0.6 is 0 Å². The van der Waals surface area contributed by atoms with E-state index in [9.17, 15) is 18.0 Å². The molecule has 0 atom stereocenters. The Bertz CT molecular complexity index is 1180. The van der Waals surface area contributed by atoms with Gasteiger partial charge in [0.2, 0.25) is 10.0 Å². The van der Waals surface area contributed by atoms with Crippen LogP contribution in [0.5, 0.6) is 5.75 Å². The summed E-state index contributed by atoms with van der Waals surface area (Å²) in [5.74, 6) is -0.697. The highest BCUT2D eigenvalue weighted by Gasteiger charge is 2.28. The Labute approximate surface area is 159 Å². The van der Waals surface area contributed by atoms with Crippen molar-refractivity contribution in [3.8, 4) is 5.75 Å². The first kappa shape index (κ1) is 18.4. The van der Waals surface area contributed by atoms with Gasteiger partial charge in [-0.25, -0.2) is 18.0 Å². The average molecular weight is 404 g/mol. The van der Waals surface area contributed by atoms with E-state index in [0.717, 1.165) is 0 Å². The van der Waals surface area contributed by atoms with Crippen molar-refractivity contribution in [2.75, 3.05) is 26.3 Å². The number of oxazole rings is 1. The van der Waals surface area contributed by atoms with Crippen LogP contribution in [-0.4, -0.2) is 49.7 Å². The summed E-state index contributed by atoms with van der Waals surface area (Å²) in [6.45, 7) is 1.12. The summed E-state index contributed by atoms with van der Waals surface area (Å²) in [5.41, 5.74) is 0.0937. The average Bonchev–Trinajstić information content (AvgIpc) is 3.04. The van der Waals surface area contributed by atoms with E-state index in [1.165, 1.54) is 22.5 Å². The second-order valence-electron chi connectivity index (χ2n) is 6.03. The van der Waals surface area contributed by atoms with Crippen molar-refractivity contribution >= 4 is 27.2 Å². The van der Waals surface area contributed by atoms with Gasteiger partial charge in [0.15, 0.2) is 5.58 Å². The van der Waals surface area contributed by atoms with Crippen molar-refractivity contribution in [3.63, 3.8) is 0 Å². The standard InChI is InChI=1S/C18H16N2O7S/c21-17(26-13-4-2-1-3-5-13)20-15-7-6-14(12-16(15)27-18(20)22)28(23,24)19-8-10-25-11-9-19/h1-7,12H,8-11H2. The van der Waals surface area contributed by atoms with E-state index in [0.29, 0.717) is 17.8 Å². The SMILES string of the molecule is O=C(Oc1ccccc1)n1c(=O)oc2cc(S(=O)(=O)N3CCOCC3)ccc21. The maximum atomic E-state index is 12.7. The maximum absolute atomic E-state index is 12.7. The molecule has 2 aromatic carbocycles. The molecule has 9 nitrogen and oxygen atoms in total. The van der Waals surface area contributed by atoms with E-state index in [-0.39, 0.29) is 34.8 Å². The third-order valence-corrected chi connectivity index (χ3v) is 6.19. The number of nitrogens with zero attached hydrogens (tertiary/aromatic N) is 2. The van der Waals surface area contributed by atoms with Gasteiger partial charge in [-0.05, 0) is 24.3 Å². The molecule has 146 valence electrons. The third kappa shape index (κ3) is 3.33. The molecule has 10 heteroatoms. The summed E-state index contributed by atoms with van der Waals surface area (Å²) in [7, 11) is -3.76. The fourth-order valence-electron chi connectivity index (χ4n) is 2.90. The van der Waals surface area contributed by atoms with Gasteiger partial charge in [0.1, 0.15) is 11.3 Å². The molecule has 0 radical (unpaired) electrons. The van der Waals surface area contributed by atoms with Crippen LogP contribution in [-0.2, 0) is 14.8 Å². The Kier molecular flexibility index (Phi) is 4.75. The highest BCUT2D eigenvalue weighted by molar-refractivity contribution is 7.89. The minimum atomic E-state index is -3.76. The number of aromatic nitrogens is 1. The fraction of sp³-hybridized carbons (Fsp3) is 0.222. The van der Waals surface area contributed by atoms with E-state index in [1.54, 1.807) is 30.3 Å². The number of morpholine rings is 1. The number of ether oxygens (including phenoxy) is 2. The maximum Gasteiger partial charge on any atom is 0.429 e. The molecule has 0 N–H and O–H groups in total. The summed E-state index contributed by atoms with van der Waals surface area (Å²) < 4.78 is 42.9. The topological polar surface area (TPSA) is 108 Å². The van der Waals surface area contributed by atoms with Gasteiger partial charge in [0.05, 0.1) is 18.1 Å². The van der Waals surface area contributed by atoms with Crippen LogP contribution in [0.3, 0.4) is 0 Å². The van der Waals surface area contributed by atoms with E-state index >= 15 is 0 Å². The molecule has 0 saturated carbocycles. The molecule has 1 fully saturated rings. The Balaban J connectivity index is 1.69. The van der Waals surface area contributed by atoms with Crippen LogP contribution in [0.4, 0.5) is 4.79 Å². The van der Waals surface area contributed by atoms with Gasteiger partial charge >= 0.3 is 11.8 Å². The number of hydrogen-bond acceptors (Lipinski definition) is 7. The van der Waals surface area contributed by atoms with Crippen molar-refractivity contribution < 1.29 is 27.1 Å². The molecule has 4 rings (SSSR count). The van der Waals surface area contributed by atoms with Gasteiger partial charge in [-0.1, -0.05) is 18.2 Å². The summed E-state index contributed by atoms with van der Waals surface area (Å²) >= 11 is 0. The van der Waals surface area contributed by atoms with Gasteiger partial charge in [0.25, 0.3) is 0 Å². The quantitative estimate of drug-likeness (QED) is 0.653. The van der Waals surface area contributed by atoms with Crippen molar-refractivity contribution in [2.24, 2.45) is 0 Å². The first-order valence-electron chi connectivity index (χ1n) is 8.47.